The first-order chi connectivity index (χ1) is 8.75. The van der Waals surface area contributed by atoms with E-state index < -0.39 is 5.76 Å². The summed E-state index contributed by atoms with van der Waals surface area (Å²) in [6.45, 7) is 0.357. The number of rotatable bonds is 2. The molecule has 1 heterocycles. The van der Waals surface area contributed by atoms with Crippen LogP contribution in [-0.4, -0.2) is 9.72 Å². The van der Waals surface area contributed by atoms with E-state index in [4.69, 9.17) is 5.73 Å². The van der Waals surface area contributed by atoms with Crippen molar-refractivity contribution in [3.05, 3.63) is 58.6 Å². The molecule has 1 aromatic heterocycles. The molecule has 0 saturated carbocycles. The highest BCUT2D eigenvalue weighted by molar-refractivity contribution is 5.85. The summed E-state index contributed by atoms with van der Waals surface area (Å²) >= 11 is 0. The van der Waals surface area contributed by atoms with Crippen LogP contribution in [0.3, 0.4) is 0 Å². The van der Waals surface area contributed by atoms with Gasteiger partial charge in [0.25, 0.3) is 0 Å². The second kappa shape index (κ2) is 4.03. The lowest BCUT2D eigenvalue weighted by Crippen LogP contribution is -2.17. The molecule has 2 aromatic carbocycles. The molecule has 5 nitrogen and oxygen atoms in total. The monoisotopic (exact) mass is 241 g/mol. The first-order valence-electron chi connectivity index (χ1n) is 5.54. The maximum Gasteiger partial charge on any atom is 0.443 e. The van der Waals surface area contributed by atoms with Gasteiger partial charge in [0.05, 0.1) is 6.54 Å². The number of nitrogens with two attached hydrogens (primary N) is 1. The van der Waals surface area contributed by atoms with Gasteiger partial charge in [0.2, 0.25) is 5.95 Å². The number of aromatic nitrogens is 2. The van der Waals surface area contributed by atoms with E-state index in [9.17, 15) is 4.79 Å². The third-order valence-electron chi connectivity index (χ3n) is 2.92. The molecule has 5 heteroatoms. The van der Waals surface area contributed by atoms with E-state index in [1.165, 1.54) is 4.57 Å². The number of fused-ring (bicyclic) bond motifs is 1. The summed E-state index contributed by atoms with van der Waals surface area (Å²) < 4.78 is 5.82. The van der Waals surface area contributed by atoms with Gasteiger partial charge < -0.3 is 5.73 Å². The molecule has 0 amide bonds. The molecule has 3 rings (SSSR count). The van der Waals surface area contributed by atoms with Gasteiger partial charge in [-0.05, 0) is 21.5 Å². The van der Waals surface area contributed by atoms with Crippen LogP contribution in [0, 0.1) is 0 Å². The van der Waals surface area contributed by atoms with Gasteiger partial charge in [-0.15, -0.1) is 0 Å². The van der Waals surface area contributed by atoms with Crippen LogP contribution in [0.4, 0.5) is 5.95 Å². The molecule has 0 unspecified atom stereocenters. The van der Waals surface area contributed by atoms with E-state index in [-0.39, 0.29) is 5.95 Å². The maximum absolute atomic E-state index is 11.4. The molecule has 0 atom stereocenters. The zero-order valence-corrected chi connectivity index (χ0v) is 9.54. The topological polar surface area (TPSA) is 74.1 Å². The minimum atomic E-state index is -0.541. The van der Waals surface area contributed by atoms with E-state index in [0.29, 0.717) is 6.54 Å². The lowest BCUT2D eigenvalue weighted by molar-refractivity contribution is 0.378. The molecule has 90 valence electrons. The predicted octanol–water partition coefficient (Wildman–Crippen LogP) is 1.62. The zero-order valence-electron chi connectivity index (χ0n) is 9.54. The highest BCUT2D eigenvalue weighted by atomic mass is 16.5. The maximum atomic E-state index is 11.4. The summed E-state index contributed by atoms with van der Waals surface area (Å²) in [4.78, 5) is 11.4. The van der Waals surface area contributed by atoms with Crippen molar-refractivity contribution in [2.45, 2.75) is 6.54 Å². The number of nitrogen functional groups attached to an aromatic ring is 1. The second-order valence-electron chi connectivity index (χ2n) is 4.03. The number of anilines is 1. The Bertz CT molecular complexity index is 753. The van der Waals surface area contributed by atoms with Crippen molar-refractivity contribution < 1.29 is 4.52 Å². The first kappa shape index (κ1) is 10.6. The fourth-order valence-electron chi connectivity index (χ4n) is 2.02. The van der Waals surface area contributed by atoms with E-state index in [1.807, 2.05) is 42.5 Å². The summed E-state index contributed by atoms with van der Waals surface area (Å²) in [5, 5.41) is 5.66. The second-order valence-corrected chi connectivity index (χ2v) is 4.03. The predicted molar refractivity (Wildman–Crippen MR) is 68.2 cm³/mol. The fourth-order valence-corrected chi connectivity index (χ4v) is 2.02. The van der Waals surface area contributed by atoms with Gasteiger partial charge >= 0.3 is 5.76 Å². The third-order valence-corrected chi connectivity index (χ3v) is 2.92. The molecule has 0 radical (unpaired) electrons. The van der Waals surface area contributed by atoms with Crippen LogP contribution in [-0.2, 0) is 6.54 Å². The average molecular weight is 241 g/mol. The molecule has 2 N–H and O–H groups in total. The first-order valence-corrected chi connectivity index (χ1v) is 5.54. The molecule has 0 fully saturated rings. The lowest BCUT2D eigenvalue weighted by Gasteiger charge is -2.06. The van der Waals surface area contributed by atoms with Crippen molar-refractivity contribution >= 4 is 16.7 Å². The molecular formula is C13H11N3O2. The van der Waals surface area contributed by atoms with Gasteiger partial charge in [-0.3, -0.25) is 4.52 Å². The molecule has 0 aliphatic rings. The highest BCUT2D eigenvalue weighted by Crippen LogP contribution is 2.19. The van der Waals surface area contributed by atoms with Gasteiger partial charge in [0.15, 0.2) is 0 Å². The Hall–Kier alpha value is -2.56. The van der Waals surface area contributed by atoms with E-state index in [2.05, 4.69) is 9.68 Å². The normalized spacial score (nSPS) is 10.9. The van der Waals surface area contributed by atoms with Crippen molar-refractivity contribution in [3.63, 3.8) is 0 Å². The summed E-state index contributed by atoms with van der Waals surface area (Å²) in [5.41, 5.74) is 6.60. The molecule has 0 spiro atoms. The molecule has 0 bridgehead atoms. The Morgan fingerprint density at radius 3 is 2.72 bits per heavy atom. The fraction of sp³-hybridized carbons (Fsp3) is 0.0769. The van der Waals surface area contributed by atoms with Crippen molar-refractivity contribution in [3.8, 4) is 0 Å². The molecule has 18 heavy (non-hydrogen) atoms. The van der Waals surface area contributed by atoms with Crippen molar-refractivity contribution in [2.75, 3.05) is 5.73 Å². The van der Waals surface area contributed by atoms with Crippen molar-refractivity contribution in [1.29, 1.82) is 0 Å². The van der Waals surface area contributed by atoms with Gasteiger partial charge in [0, 0.05) is 0 Å². The Labute approximate surface area is 102 Å². The van der Waals surface area contributed by atoms with Gasteiger partial charge in [-0.2, -0.15) is 0 Å². The van der Waals surface area contributed by atoms with Crippen LogP contribution in [0.25, 0.3) is 10.8 Å². The molecule has 0 saturated heterocycles. The van der Waals surface area contributed by atoms with Gasteiger partial charge in [0.1, 0.15) is 0 Å². The van der Waals surface area contributed by atoms with E-state index in [0.717, 1.165) is 16.3 Å². The highest BCUT2D eigenvalue weighted by Gasteiger charge is 2.09. The van der Waals surface area contributed by atoms with Crippen LogP contribution in [0.5, 0.6) is 0 Å². The SMILES string of the molecule is Nc1noc(=O)n1Cc1cccc2ccccc12. The van der Waals surface area contributed by atoms with Crippen molar-refractivity contribution in [2.24, 2.45) is 0 Å². The van der Waals surface area contributed by atoms with Crippen LogP contribution >= 0.6 is 0 Å². The Kier molecular flexibility index (Phi) is 2.37. The van der Waals surface area contributed by atoms with Crippen LogP contribution in [0.1, 0.15) is 5.56 Å². The zero-order chi connectivity index (χ0) is 12.5. The third kappa shape index (κ3) is 1.66. The number of nitrogens with zero attached hydrogens (tertiary/aromatic N) is 2. The van der Waals surface area contributed by atoms with Crippen LogP contribution in [0.2, 0.25) is 0 Å². The minimum Gasteiger partial charge on any atom is -0.366 e. The molecule has 0 aliphatic carbocycles. The minimum absolute atomic E-state index is 0.0907. The number of hydrogen-bond donors (Lipinski definition) is 1. The van der Waals surface area contributed by atoms with Gasteiger partial charge in [-0.1, -0.05) is 42.5 Å². The quantitative estimate of drug-likeness (QED) is 0.739. The lowest BCUT2D eigenvalue weighted by atomic mass is 10.0. The van der Waals surface area contributed by atoms with E-state index >= 15 is 0 Å². The summed E-state index contributed by atoms with van der Waals surface area (Å²) in [5.74, 6) is -0.451. The van der Waals surface area contributed by atoms with E-state index in [1.54, 1.807) is 0 Å². The van der Waals surface area contributed by atoms with Crippen LogP contribution in [0.15, 0.2) is 51.8 Å². The Balaban J connectivity index is 2.13. The molecule has 0 aliphatic heterocycles. The summed E-state index contributed by atoms with van der Waals surface area (Å²) in [7, 11) is 0. The Morgan fingerprint density at radius 1 is 1.17 bits per heavy atom. The summed E-state index contributed by atoms with van der Waals surface area (Å²) in [6, 6.07) is 13.9. The molecular weight excluding hydrogens is 230 g/mol. The standard InChI is InChI=1S/C13H11N3O2/c14-12-15-18-13(17)16(12)8-10-6-3-5-9-4-1-2-7-11(9)10/h1-7H,8H2,(H2,14,15). The average Bonchev–Trinajstić information content (AvgIpc) is 2.71. The van der Waals surface area contributed by atoms with Crippen LogP contribution < -0.4 is 11.5 Å². The smallest absolute Gasteiger partial charge is 0.366 e. The largest absolute Gasteiger partial charge is 0.443 e. The number of hydrogen-bond acceptors (Lipinski definition) is 4. The summed E-state index contributed by atoms with van der Waals surface area (Å²) in [6.07, 6.45) is 0. The molecule has 3 aromatic rings. The van der Waals surface area contributed by atoms with Crippen molar-refractivity contribution in [1.82, 2.24) is 9.72 Å². The van der Waals surface area contributed by atoms with Gasteiger partial charge in [-0.25, -0.2) is 9.36 Å². The Morgan fingerprint density at radius 2 is 1.94 bits per heavy atom. The number of benzene rings is 2.